The zero-order valence-electron chi connectivity index (χ0n) is 13.2. The Labute approximate surface area is 137 Å². The second-order valence-electron chi connectivity index (χ2n) is 6.21. The van der Waals surface area contributed by atoms with Crippen molar-refractivity contribution in [1.29, 1.82) is 0 Å². The smallest absolute Gasteiger partial charge is 0.324 e. The Kier molecular flexibility index (Phi) is 3.79. The molecule has 2 aromatic rings. The Balaban J connectivity index is 2.05. The van der Waals surface area contributed by atoms with Crippen molar-refractivity contribution in [2.75, 3.05) is 0 Å². The van der Waals surface area contributed by atoms with Crippen LogP contribution in [0.1, 0.15) is 31.7 Å². The van der Waals surface area contributed by atoms with E-state index < -0.39 is 42.0 Å². The average Bonchev–Trinajstić information content (AvgIpc) is 2.87. The number of carboxylic acids is 1. The number of aromatic nitrogens is 1. The van der Waals surface area contributed by atoms with Crippen molar-refractivity contribution in [2.24, 2.45) is 5.92 Å². The van der Waals surface area contributed by atoms with Crippen LogP contribution in [0.2, 0.25) is 0 Å². The zero-order chi connectivity index (χ0) is 17.5. The zero-order valence-corrected chi connectivity index (χ0v) is 13.2. The quantitative estimate of drug-likeness (QED) is 0.657. The number of nitrogens with one attached hydrogen (secondary N) is 1. The molecule has 0 aliphatic carbocycles. The van der Waals surface area contributed by atoms with Crippen LogP contribution >= 0.6 is 0 Å². The number of para-hydroxylation sites is 1. The molecule has 1 saturated heterocycles. The van der Waals surface area contributed by atoms with E-state index in [-0.39, 0.29) is 0 Å². The third kappa shape index (κ3) is 2.84. The van der Waals surface area contributed by atoms with Crippen LogP contribution in [-0.2, 0) is 23.9 Å². The molecule has 1 aromatic heterocycles. The number of cyclic esters (lactones) is 2. The average molecular weight is 331 g/mol. The van der Waals surface area contributed by atoms with Gasteiger partial charge in [-0.2, -0.15) is 0 Å². The molecular weight excluding hydrogens is 314 g/mol. The number of ether oxygens (including phenoxy) is 2. The Hall–Kier alpha value is -2.83. The molecule has 7 heteroatoms. The highest BCUT2D eigenvalue weighted by Crippen LogP contribution is 2.38. The molecule has 0 amide bonds. The number of fused-ring (bicyclic) bond motifs is 1. The lowest BCUT2D eigenvalue weighted by Gasteiger charge is -2.35. The molecule has 7 nitrogen and oxygen atoms in total. The molecule has 126 valence electrons. The molecule has 0 bridgehead atoms. The molecule has 1 fully saturated rings. The first kappa shape index (κ1) is 16.0. The first-order valence-corrected chi connectivity index (χ1v) is 7.52. The van der Waals surface area contributed by atoms with E-state index >= 15 is 0 Å². The molecule has 2 heterocycles. The number of aliphatic carboxylic acids is 1. The summed E-state index contributed by atoms with van der Waals surface area (Å²) in [5.41, 5.74) is 1.37. The topological polar surface area (TPSA) is 106 Å². The molecule has 0 spiro atoms. The fraction of sp³-hybridized carbons (Fsp3) is 0.353. The van der Waals surface area contributed by atoms with Gasteiger partial charge in [0.05, 0.1) is 6.42 Å². The number of benzene rings is 1. The van der Waals surface area contributed by atoms with Crippen LogP contribution in [0.4, 0.5) is 0 Å². The Morgan fingerprint density at radius 2 is 1.88 bits per heavy atom. The van der Waals surface area contributed by atoms with Crippen LogP contribution in [0.3, 0.4) is 0 Å². The Bertz CT molecular complexity index is 801. The standard InChI is InChI=1S/C17H17NO6/c1-17(2)23-15(21)14(16(22)24-17)10(7-13(19)20)11-8-18-12-6-4-3-5-9(11)12/h3-6,8,10,14,18H,7H2,1-2H3,(H,19,20). The summed E-state index contributed by atoms with van der Waals surface area (Å²) in [6.45, 7) is 2.91. The van der Waals surface area contributed by atoms with Gasteiger partial charge in [-0.25, -0.2) is 0 Å². The minimum Gasteiger partial charge on any atom is -0.481 e. The summed E-state index contributed by atoms with van der Waals surface area (Å²) in [5.74, 6) is -6.20. The minimum absolute atomic E-state index is 0.392. The summed E-state index contributed by atoms with van der Waals surface area (Å²) >= 11 is 0. The number of carbonyl (C=O) groups is 3. The summed E-state index contributed by atoms with van der Waals surface area (Å²) < 4.78 is 10.3. The van der Waals surface area contributed by atoms with Gasteiger partial charge in [0, 0.05) is 36.9 Å². The third-order valence-corrected chi connectivity index (χ3v) is 4.02. The van der Waals surface area contributed by atoms with Crippen molar-refractivity contribution in [1.82, 2.24) is 4.98 Å². The van der Waals surface area contributed by atoms with Crippen LogP contribution in [0.15, 0.2) is 30.5 Å². The van der Waals surface area contributed by atoms with E-state index in [1.807, 2.05) is 12.1 Å². The van der Waals surface area contributed by atoms with Crippen molar-refractivity contribution in [2.45, 2.75) is 32.0 Å². The Morgan fingerprint density at radius 1 is 1.25 bits per heavy atom. The van der Waals surface area contributed by atoms with Crippen molar-refractivity contribution in [3.8, 4) is 0 Å². The van der Waals surface area contributed by atoms with E-state index in [1.54, 1.807) is 18.3 Å². The van der Waals surface area contributed by atoms with Gasteiger partial charge in [-0.15, -0.1) is 0 Å². The van der Waals surface area contributed by atoms with Crippen molar-refractivity contribution < 1.29 is 29.0 Å². The van der Waals surface area contributed by atoms with Gasteiger partial charge in [0.1, 0.15) is 0 Å². The van der Waals surface area contributed by atoms with Crippen LogP contribution < -0.4 is 0 Å². The van der Waals surface area contributed by atoms with Gasteiger partial charge in [0.2, 0.25) is 0 Å². The minimum atomic E-state index is -1.35. The molecule has 1 atom stereocenters. The monoisotopic (exact) mass is 331 g/mol. The third-order valence-electron chi connectivity index (χ3n) is 4.02. The van der Waals surface area contributed by atoms with Crippen molar-refractivity contribution in [3.63, 3.8) is 0 Å². The predicted octanol–water partition coefficient (Wildman–Crippen LogP) is 2.18. The number of hydrogen-bond donors (Lipinski definition) is 2. The lowest BCUT2D eigenvalue weighted by atomic mass is 9.82. The predicted molar refractivity (Wildman–Crippen MR) is 83.0 cm³/mol. The molecular formula is C17H17NO6. The maximum Gasteiger partial charge on any atom is 0.324 e. The maximum absolute atomic E-state index is 12.3. The van der Waals surface area contributed by atoms with Crippen molar-refractivity contribution in [3.05, 3.63) is 36.0 Å². The lowest BCUT2D eigenvalue weighted by molar-refractivity contribution is -0.241. The molecule has 1 aliphatic heterocycles. The highest BCUT2D eigenvalue weighted by Gasteiger charge is 2.48. The first-order chi connectivity index (χ1) is 11.3. The molecule has 1 unspecified atom stereocenters. The molecule has 0 saturated carbocycles. The fourth-order valence-electron chi connectivity index (χ4n) is 3.05. The summed E-state index contributed by atoms with van der Waals surface area (Å²) in [6, 6.07) is 7.27. The number of carboxylic acid groups (broad SMARTS) is 1. The molecule has 0 radical (unpaired) electrons. The normalized spacial score (nSPS) is 18.9. The summed E-state index contributed by atoms with van der Waals surface area (Å²) in [6.07, 6.45) is 1.23. The van der Waals surface area contributed by atoms with E-state index in [0.29, 0.717) is 5.56 Å². The fourth-order valence-corrected chi connectivity index (χ4v) is 3.05. The molecule has 24 heavy (non-hydrogen) atoms. The van der Waals surface area contributed by atoms with E-state index in [4.69, 9.17) is 9.47 Å². The first-order valence-electron chi connectivity index (χ1n) is 7.52. The number of H-pyrrole nitrogens is 1. The second-order valence-corrected chi connectivity index (χ2v) is 6.21. The number of rotatable bonds is 4. The summed E-state index contributed by atoms with van der Waals surface area (Å²) in [7, 11) is 0. The van der Waals surface area contributed by atoms with E-state index in [0.717, 1.165) is 10.9 Å². The van der Waals surface area contributed by atoms with Crippen LogP contribution in [0.25, 0.3) is 10.9 Å². The maximum atomic E-state index is 12.3. The van der Waals surface area contributed by atoms with Crippen LogP contribution in [0.5, 0.6) is 0 Å². The molecule has 3 rings (SSSR count). The number of carbonyl (C=O) groups excluding carboxylic acids is 2. The number of aromatic amines is 1. The molecule has 1 aromatic carbocycles. The lowest BCUT2D eigenvalue weighted by Crippen LogP contribution is -2.48. The molecule has 1 aliphatic rings. The molecule has 2 N–H and O–H groups in total. The highest BCUT2D eigenvalue weighted by atomic mass is 16.7. The van der Waals surface area contributed by atoms with Gasteiger partial charge in [-0.05, 0) is 11.6 Å². The SMILES string of the molecule is CC1(C)OC(=O)C(C(CC(=O)O)c2c[nH]c3ccccc23)C(=O)O1. The van der Waals surface area contributed by atoms with Gasteiger partial charge in [0.25, 0.3) is 5.79 Å². The van der Waals surface area contributed by atoms with Gasteiger partial charge in [-0.3, -0.25) is 14.4 Å². The largest absolute Gasteiger partial charge is 0.481 e. The van der Waals surface area contributed by atoms with Gasteiger partial charge in [0.15, 0.2) is 5.92 Å². The van der Waals surface area contributed by atoms with Gasteiger partial charge >= 0.3 is 17.9 Å². The van der Waals surface area contributed by atoms with Crippen LogP contribution in [0, 0.1) is 5.92 Å². The van der Waals surface area contributed by atoms with E-state index in [1.165, 1.54) is 13.8 Å². The van der Waals surface area contributed by atoms with E-state index in [2.05, 4.69) is 4.98 Å². The highest BCUT2D eigenvalue weighted by molar-refractivity contribution is 5.99. The van der Waals surface area contributed by atoms with E-state index in [9.17, 15) is 19.5 Å². The van der Waals surface area contributed by atoms with Gasteiger partial charge in [-0.1, -0.05) is 18.2 Å². The van der Waals surface area contributed by atoms with Crippen LogP contribution in [-0.4, -0.2) is 33.8 Å². The van der Waals surface area contributed by atoms with Crippen molar-refractivity contribution >= 4 is 28.8 Å². The Morgan fingerprint density at radius 3 is 2.50 bits per heavy atom. The second kappa shape index (κ2) is 5.67. The van der Waals surface area contributed by atoms with Gasteiger partial charge < -0.3 is 19.6 Å². The number of hydrogen-bond acceptors (Lipinski definition) is 5. The summed E-state index contributed by atoms with van der Waals surface area (Å²) in [5, 5.41) is 10.0. The number of esters is 2. The summed E-state index contributed by atoms with van der Waals surface area (Å²) in [4.78, 5) is 39.0.